The number of carbonyl (C=O) groups excluding carboxylic acids is 1. The van der Waals surface area contributed by atoms with Crippen LogP contribution in [-0.2, 0) is 11.3 Å². The van der Waals surface area contributed by atoms with Crippen molar-refractivity contribution in [1.82, 2.24) is 16.2 Å². The standard InChI is InChI=1S/C22H29N3O2/c1-3-4-12-27-19-10-8-18(9-11-19)20-14-21(25-24-20)22(26)23-15-17-7-5-6-16(2)13-17/h5-11,13,20-21,24-25H,3-4,12,14-15H2,1-2H3,(H,23,26). The highest BCUT2D eigenvalue weighted by atomic mass is 16.5. The van der Waals surface area contributed by atoms with Crippen LogP contribution in [0.3, 0.4) is 0 Å². The number of carbonyl (C=O) groups is 1. The number of benzene rings is 2. The molecule has 1 aliphatic rings. The Kier molecular flexibility index (Phi) is 6.85. The van der Waals surface area contributed by atoms with E-state index in [1.807, 2.05) is 24.3 Å². The molecule has 2 aromatic carbocycles. The third kappa shape index (κ3) is 5.55. The van der Waals surface area contributed by atoms with E-state index in [-0.39, 0.29) is 18.0 Å². The molecule has 0 aromatic heterocycles. The molecule has 1 heterocycles. The van der Waals surface area contributed by atoms with Crippen molar-refractivity contribution in [2.24, 2.45) is 0 Å². The van der Waals surface area contributed by atoms with Gasteiger partial charge in [0.25, 0.3) is 0 Å². The predicted octanol–water partition coefficient (Wildman–Crippen LogP) is 3.40. The minimum Gasteiger partial charge on any atom is -0.494 e. The molecule has 0 spiro atoms. The highest BCUT2D eigenvalue weighted by molar-refractivity contribution is 5.82. The number of amides is 1. The predicted molar refractivity (Wildman–Crippen MR) is 107 cm³/mol. The average Bonchev–Trinajstić information content (AvgIpc) is 3.17. The Morgan fingerprint density at radius 1 is 1.19 bits per heavy atom. The molecule has 0 aliphatic carbocycles. The molecule has 1 amide bonds. The van der Waals surface area contributed by atoms with Gasteiger partial charge in [0.2, 0.25) is 5.91 Å². The Balaban J connectivity index is 1.48. The topological polar surface area (TPSA) is 62.4 Å². The number of nitrogens with one attached hydrogen (secondary N) is 3. The van der Waals surface area contributed by atoms with Crippen LogP contribution in [0.1, 0.15) is 48.9 Å². The lowest BCUT2D eigenvalue weighted by molar-refractivity contribution is -0.123. The molecule has 144 valence electrons. The van der Waals surface area contributed by atoms with E-state index >= 15 is 0 Å². The number of hydrogen-bond donors (Lipinski definition) is 3. The summed E-state index contributed by atoms with van der Waals surface area (Å²) in [5.41, 5.74) is 9.81. The first-order valence-corrected chi connectivity index (χ1v) is 9.73. The van der Waals surface area contributed by atoms with Gasteiger partial charge in [0, 0.05) is 12.6 Å². The number of aryl methyl sites for hydroxylation is 1. The van der Waals surface area contributed by atoms with Gasteiger partial charge >= 0.3 is 0 Å². The van der Waals surface area contributed by atoms with E-state index in [0.29, 0.717) is 6.54 Å². The Morgan fingerprint density at radius 3 is 2.74 bits per heavy atom. The van der Waals surface area contributed by atoms with Gasteiger partial charge in [-0.15, -0.1) is 0 Å². The molecule has 27 heavy (non-hydrogen) atoms. The zero-order valence-electron chi connectivity index (χ0n) is 16.1. The maximum absolute atomic E-state index is 12.4. The number of rotatable bonds is 8. The normalized spacial score (nSPS) is 19.0. The molecule has 5 heteroatoms. The molecule has 0 bridgehead atoms. The van der Waals surface area contributed by atoms with Crippen LogP contribution >= 0.6 is 0 Å². The van der Waals surface area contributed by atoms with Crippen LogP contribution < -0.4 is 20.9 Å². The number of unbranched alkanes of at least 4 members (excludes halogenated alkanes) is 1. The number of hydrogen-bond acceptors (Lipinski definition) is 4. The van der Waals surface area contributed by atoms with Crippen molar-refractivity contribution in [3.63, 3.8) is 0 Å². The summed E-state index contributed by atoms with van der Waals surface area (Å²) in [4.78, 5) is 12.4. The maximum Gasteiger partial charge on any atom is 0.238 e. The third-order valence-electron chi connectivity index (χ3n) is 4.82. The highest BCUT2D eigenvalue weighted by Crippen LogP contribution is 2.24. The van der Waals surface area contributed by atoms with E-state index < -0.39 is 0 Å². The van der Waals surface area contributed by atoms with Crippen LogP contribution in [0.2, 0.25) is 0 Å². The summed E-state index contributed by atoms with van der Waals surface area (Å²) in [6.45, 7) is 5.51. The van der Waals surface area contributed by atoms with Gasteiger partial charge in [-0.05, 0) is 43.0 Å². The van der Waals surface area contributed by atoms with Gasteiger partial charge in [-0.3, -0.25) is 4.79 Å². The molecule has 3 rings (SSSR count). The van der Waals surface area contributed by atoms with Gasteiger partial charge in [-0.1, -0.05) is 55.3 Å². The van der Waals surface area contributed by atoms with E-state index in [9.17, 15) is 4.79 Å². The molecular formula is C22H29N3O2. The maximum atomic E-state index is 12.4. The average molecular weight is 367 g/mol. The van der Waals surface area contributed by atoms with Gasteiger partial charge in [-0.25, -0.2) is 10.9 Å². The fourth-order valence-corrected chi connectivity index (χ4v) is 3.21. The van der Waals surface area contributed by atoms with E-state index in [0.717, 1.165) is 42.7 Å². The molecule has 0 radical (unpaired) electrons. The molecular weight excluding hydrogens is 338 g/mol. The van der Waals surface area contributed by atoms with Gasteiger partial charge in [0.15, 0.2) is 0 Å². The lowest BCUT2D eigenvalue weighted by Crippen LogP contribution is -2.42. The summed E-state index contributed by atoms with van der Waals surface area (Å²) in [6, 6.07) is 16.2. The Labute approximate surface area is 161 Å². The molecule has 2 atom stereocenters. The summed E-state index contributed by atoms with van der Waals surface area (Å²) < 4.78 is 5.71. The Hall–Kier alpha value is -2.37. The molecule has 3 N–H and O–H groups in total. The van der Waals surface area contributed by atoms with Crippen molar-refractivity contribution in [2.75, 3.05) is 6.61 Å². The quantitative estimate of drug-likeness (QED) is 0.626. The minimum absolute atomic E-state index is 0.0195. The highest BCUT2D eigenvalue weighted by Gasteiger charge is 2.29. The number of ether oxygens (including phenoxy) is 1. The van der Waals surface area contributed by atoms with E-state index in [1.165, 1.54) is 5.56 Å². The molecule has 1 aliphatic heterocycles. The summed E-state index contributed by atoms with van der Waals surface area (Å²) in [5.74, 6) is 0.914. The molecule has 1 saturated heterocycles. The van der Waals surface area contributed by atoms with Crippen molar-refractivity contribution in [3.05, 3.63) is 65.2 Å². The van der Waals surface area contributed by atoms with Crippen molar-refractivity contribution in [1.29, 1.82) is 0 Å². The second-order valence-electron chi connectivity index (χ2n) is 7.11. The van der Waals surface area contributed by atoms with Crippen LogP contribution in [0.4, 0.5) is 0 Å². The fraction of sp³-hybridized carbons (Fsp3) is 0.409. The van der Waals surface area contributed by atoms with Crippen LogP contribution in [0, 0.1) is 6.92 Å². The van der Waals surface area contributed by atoms with Crippen molar-refractivity contribution >= 4 is 5.91 Å². The first-order valence-electron chi connectivity index (χ1n) is 9.73. The fourth-order valence-electron chi connectivity index (χ4n) is 3.21. The van der Waals surface area contributed by atoms with Gasteiger partial charge in [-0.2, -0.15) is 0 Å². The molecule has 5 nitrogen and oxygen atoms in total. The zero-order valence-corrected chi connectivity index (χ0v) is 16.1. The van der Waals surface area contributed by atoms with Crippen LogP contribution in [0.25, 0.3) is 0 Å². The summed E-state index contributed by atoms with van der Waals surface area (Å²) in [7, 11) is 0. The lowest BCUT2D eigenvalue weighted by atomic mass is 10.0. The molecule has 2 aromatic rings. The summed E-state index contributed by atoms with van der Waals surface area (Å²) >= 11 is 0. The Morgan fingerprint density at radius 2 is 2.00 bits per heavy atom. The van der Waals surface area contributed by atoms with Gasteiger partial charge < -0.3 is 10.1 Å². The van der Waals surface area contributed by atoms with Gasteiger partial charge in [0.05, 0.1) is 6.61 Å². The van der Waals surface area contributed by atoms with Crippen molar-refractivity contribution in [3.8, 4) is 5.75 Å². The smallest absolute Gasteiger partial charge is 0.238 e. The molecule has 2 unspecified atom stereocenters. The SMILES string of the molecule is CCCCOc1ccc(C2CC(C(=O)NCc3cccc(C)c3)NN2)cc1. The Bertz CT molecular complexity index is 745. The second-order valence-corrected chi connectivity index (χ2v) is 7.11. The van der Waals surface area contributed by atoms with Crippen molar-refractivity contribution in [2.45, 2.75) is 51.7 Å². The monoisotopic (exact) mass is 367 g/mol. The first kappa shape index (κ1) is 19.4. The van der Waals surface area contributed by atoms with E-state index in [2.05, 4.69) is 54.3 Å². The third-order valence-corrected chi connectivity index (χ3v) is 4.82. The van der Waals surface area contributed by atoms with Crippen LogP contribution in [0.15, 0.2) is 48.5 Å². The van der Waals surface area contributed by atoms with E-state index in [4.69, 9.17) is 4.74 Å². The van der Waals surface area contributed by atoms with E-state index in [1.54, 1.807) is 0 Å². The lowest BCUT2D eigenvalue weighted by Gasteiger charge is -2.12. The zero-order chi connectivity index (χ0) is 19.1. The van der Waals surface area contributed by atoms with Crippen LogP contribution in [-0.4, -0.2) is 18.6 Å². The number of hydrazine groups is 1. The molecule has 0 saturated carbocycles. The van der Waals surface area contributed by atoms with Crippen molar-refractivity contribution < 1.29 is 9.53 Å². The second kappa shape index (κ2) is 9.53. The molecule has 1 fully saturated rings. The summed E-state index contributed by atoms with van der Waals surface area (Å²) in [5, 5.41) is 3.02. The summed E-state index contributed by atoms with van der Waals surface area (Å²) in [6.07, 6.45) is 2.91. The first-order chi connectivity index (χ1) is 13.2. The minimum atomic E-state index is -0.236. The largest absolute Gasteiger partial charge is 0.494 e. The van der Waals surface area contributed by atoms with Crippen LogP contribution in [0.5, 0.6) is 5.75 Å². The van der Waals surface area contributed by atoms with Gasteiger partial charge in [0.1, 0.15) is 11.8 Å².